The van der Waals surface area contributed by atoms with Crippen molar-refractivity contribution in [3.8, 4) is 10.6 Å². The highest BCUT2D eigenvalue weighted by atomic mass is 32.1. The van der Waals surface area contributed by atoms with Crippen molar-refractivity contribution in [1.82, 2.24) is 25.1 Å². The van der Waals surface area contributed by atoms with Crippen molar-refractivity contribution >= 4 is 43.9 Å². The van der Waals surface area contributed by atoms with E-state index in [9.17, 15) is 9.59 Å². The van der Waals surface area contributed by atoms with Crippen molar-refractivity contribution in [2.24, 2.45) is 0 Å². The number of pyridine rings is 1. The summed E-state index contributed by atoms with van der Waals surface area (Å²) < 4.78 is 0. The van der Waals surface area contributed by atoms with E-state index < -0.39 is 0 Å². The highest BCUT2D eigenvalue weighted by Gasteiger charge is 2.20. The molecule has 1 aliphatic rings. The zero-order valence-electron chi connectivity index (χ0n) is 16.0. The number of thiophene rings is 1. The molecule has 0 unspecified atom stereocenters. The second-order valence-electron chi connectivity index (χ2n) is 7.10. The Morgan fingerprint density at radius 2 is 1.97 bits per heavy atom. The summed E-state index contributed by atoms with van der Waals surface area (Å²) in [5, 5.41) is 12.8. The van der Waals surface area contributed by atoms with Gasteiger partial charge in [-0.1, -0.05) is 11.3 Å². The molecule has 152 valence electrons. The number of aryl methyl sites for hydroxylation is 3. The molecule has 5 rings (SSSR count). The van der Waals surface area contributed by atoms with Gasteiger partial charge in [0.15, 0.2) is 0 Å². The normalized spacial score (nSPS) is 13.3. The van der Waals surface area contributed by atoms with Gasteiger partial charge in [-0.05, 0) is 43.4 Å². The third kappa shape index (κ3) is 3.75. The molecule has 4 aromatic heterocycles. The lowest BCUT2D eigenvalue weighted by atomic mass is 9.97. The molecule has 0 spiro atoms. The van der Waals surface area contributed by atoms with E-state index in [-0.39, 0.29) is 17.9 Å². The Morgan fingerprint density at radius 1 is 1.13 bits per heavy atom. The first-order valence-electron chi connectivity index (χ1n) is 9.74. The first kappa shape index (κ1) is 19.0. The summed E-state index contributed by atoms with van der Waals surface area (Å²) in [5.74, 6) is 0.344. The molecule has 30 heavy (non-hydrogen) atoms. The highest BCUT2D eigenvalue weighted by Crippen LogP contribution is 2.33. The predicted octanol–water partition coefficient (Wildman–Crippen LogP) is 3.35. The number of hydrogen-bond acceptors (Lipinski definition) is 8. The number of nitrogens with one attached hydrogen (secondary N) is 2. The molecule has 8 nitrogen and oxygen atoms in total. The van der Waals surface area contributed by atoms with Crippen molar-refractivity contribution in [3.05, 3.63) is 51.1 Å². The molecule has 1 amide bonds. The van der Waals surface area contributed by atoms with Crippen molar-refractivity contribution in [2.45, 2.75) is 38.5 Å². The predicted molar refractivity (Wildman–Crippen MR) is 117 cm³/mol. The number of anilines is 1. The minimum Gasteiger partial charge on any atom is -0.310 e. The third-order valence-corrected chi connectivity index (χ3v) is 7.14. The van der Waals surface area contributed by atoms with Gasteiger partial charge in [0.25, 0.3) is 5.56 Å². The zero-order chi connectivity index (χ0) is 20.5. The molecular formula is C20H18N6O2S2. The third-order valence-electron chi connectivity index (χ3n) is 5.06. The summed E-state index contributed by atoms with van der Waals surface area (Å²) in [4.78, 5) is 38.5. The fourth-order valence-electron chi connectivity index (χ4n) is 3.63. The molecule has 1 aliphatic carbocycles. The van der Waals surface area contributed by atoms with Crippen LogP contribution in [0.4, 0.5) is 5.13 Å². The molecule has 0 aromatic carbocycles. The van der Waals surface area contributed by atoms with E-state index in [0.717, 1.165) is 35.0 Å². The zero-order valence-corrected chi connectivity index (χ0v) is 17.6. The molecule has 0 saturated heterocycles. The average Bonchev–Trinajstić information content (AvgIpc) is 3.37. The van der Waals surface area contributed by atoms with E-state index in [0.29, 0.717) is 22.4 Å². The van der Waals surface area contributed by atoms with E-state index in [1.54, 1.807) is 23.7 Å². The summed E-state index contributed by atoms with van der Waals surface area (Å²) >= 11 is 2.91. The summed E-state index contributed by atoms with van der Waals surface area (Å²) in [6.45, 7) is 0. The topological polar surface area (TPSA) is 114 Å². The lowest BCUT2D eigenvalue weighted by Gasteiger charge is -2.09. The molecule has 0 saturated carbocycles. The van der Waals surface area contributed by atoms with Crippen LogP contribution in [0.5, 0.6) is 0 Å². The van der Waals surface area contributed by atoms with E-state index in [2.05, 4.69) is 30.5 Å². The summed E-state index contributed by atoms with van der Waals surface area (Å²) in [6.07, 6.45) is 8.18. The van der Waals surface area contributed by atoms with E-state index in [4.69, 9.17) is 0 Å². The van der Waals surface area contributed by atoms with Gasteiger partial charge in [0, 0.05) is 35.7 Å². The van der Waals surface area contributed by atoms with Crippen LogP contribution in [0, 0.1) is 0 Å². The molecule has 2 N–H and O–H groups in total. The maximum absolute atomic E-state index is 12.6. The number of aromatic nitrogens is 5. The Labute approximate surface area is 179 Å². The molecule has 0 radical (unpaired) electrons. The Morgan fingerprint density at radius 3 is 2.83 bits per heavy atom. The fourth-order valence-corrected chi connectivity index (χ4v) is 5.67. The van der Waals surface area contributed by atoms with Crippen LogP contribution < -0.4 is 10.9 Å². The van der Waals surface area contributed by atoms with E-state index in [1.165, 1.54) is 28.2 Å². The number of carbonyl (C=O) groups is 1. The Bertz CT molecular complexity index is 1280. The molecule has 0 bridgehead atoms. The van der Waals surface area contributed by atoms with E-state index >= 15 is 0 Å². The van der Waals surface area contributed by atoms with Crippen LogP contribution in [-0.2, 0) is 24.1 Å². The van der Waals surface area contributed by atoms with Crippen LogP contribution in [0.15, 0.2) is 29.3 Å². The second kappa shape index (κ2) is 8.04. The fraction of sp³-hybridized carbons (Fsp3) is 0.300. The SMILES string of the molecule is O=C(CCc1nc2sc3c(c2c(=O)[nH]1)CCCC3)Nc1nnc(-c2ccncc2)s1. The number of fused-ring (bicyclic) bond motifs is 3. The molecule has 4 heterocycles. The Kier molecular flexibility index (Phi) is 5.09. The molecule has 0 atom stereocenters. The van der Waals surface area contributed by atoms with Gasteiger partial charge in [-0.2, -0.15) is 0 Å². The van der Waals surface area contributed by atoms with Crippen molar-refractivity contribution in [1.29, 1.82) is 0 Å². The molecule has 0 aliphatic heterocycles. The van der Waals surface area contributed by atoms with Crippen LogP contribution in [0.1, 0.15) is 35.5 Å². The number of hydrogen-bond donors (Lipinski definition) is 2. The lowest BCUT2D eigenvalue weighted by Crippen LogP contribution is -2.16. The maximum Gasteiger partial charge on any atom is 0.259 e. The number of carbonyl (C=O) groups excluding carboxylic acids is 1. The van der Waals surface area contributed by atoms with Crippen LogP contribution in [0.2, 0.25) is 0 Å². The van der Waals surface area contributed by atoms with Crippen molar-refractivity contribution in [3.63, 3.8) is 0 Å². The second-order valence-corrected chi connectivity index (χ2v) is 9.16. The lowest BCUT2D eigenvalue weighted by molar-refractivity contribution is -0.116. The summed E-state index contributed by atoms with van der Waals surface area (Å²) in [5.41, 5.74) is 1.97. The molecule has 0 fully saturated rings. The van der Waals surface area contributed by atoms with Gasteiger partial charge < -0.3 is 10.3 Å². The standard InChI is InChI=1S/C20H18N6O2S2/c27-15(24-20-26-25-18(30-20)11-7-9-21-10-8-11)6-5-14-22-17(28)16-12-3-1-2-4-13(12)29-19(16)23-14/h7-10H,1-6H2,(H,22,23,28)(H,24,26,27). The van der Waals surface area contributed by atoms with Crippen molar-refractivity contribution in [2.75, 3.05) is 5.32 Å². The summed E-state index contributed by atoms with van der Waals surface area (Å²) in [6, 6.07) is 3.68. The molecule has 4 aromatic rings. The number of nitrogens with zero attached hydrogens (tertiary/aromatic N) is 4. The number of H-pyrrole nitrogens is 1. The summed E-state index contributed by atoms with van der Waals surface area (Å²) in [7, 11) is 0. The van der Waals surface area contributed by atoms with Gasteiger partial charge in [0.05, 0.1) is 5.39 Å². The quantitative estimate of drug-likeness (QED) is 0.494. The van der Waals surface area contributed by atoms with E-state index in [1.807, 2.05) is 12.1 Å². The highest BCUT2D eigenvalue weighted by molar-refractivity contribution is 7.19. The first-order valence-corrected chi connectivity index (χ1v) is 11.4. The minimum atomic E-state index is -0.194. The monoisotopic (exact) mass is 438 g/mol. The van der Waals surface area contributed by atoms with Gasteiger partial charge >= 0.3 is 0 Å². The smallest absolute Gasteiger partial charge is 0.259 e. The largest absolute Gasteiger partial charge is 0.310 e. The number of aromatic amines is 1. The minimum absolute atomic E-state index is 0.0964. The molecular weight excluding hydrogens is 420 g/mol. The Hall–Kier alpha value is -2.98. The van der Waals surface area contributed by atoms with Crippen molar-refractivity contribution < 1.29 is 4.79 Å². The number of rotatable bonds is 5. The average molecular weight is 439 g/mol. The van der Waals surface area contributed by atoms with Gasteiger partial charge in [-0.3, -0.25) is 14.6 Å². The maximum atomic E-state index is 12.6. The van der Waals surface area contributed by atoms with Gasteiger partial charge in [-0.15, -0.1) is 21.5 Å². The van der Waals surface area contributed by atoms with Crippen LogP contribution in [0.25, 0.3) is 20.8 Å². The van der Waals surface area contributed by atoms with Gasteiger partial charge in [0.2, 0.25) is 11.0 Å². The molecule has 10 heteroatoms. The van der Waals surface area contributed by atoms with Crippen LogP contribution in [-0.4, -0.2) is 31.1 Å². The van der Waals surface area contributed by atoms with Crippen LogP contribution in [0.3, 0.4) is 0 Å². The number of amides is 1. The van der Waals surface area contributed by atoms with Gasteiger partial charge in [0.1, 0.15) is 15.7 Å². The van der Waals surface area contributed by atoms with Crippen LogP contribution >= 0.6 is 22.7 Å². The van der Waals surface area contributed by atoms with Gasteiger partial charge in [-0.25, -0.2) is 4.98 Å². The first-order chi connectivity index (χ1) is 14.7. The Balaban J connectivity index is 1.26.